The van der Waals surface area contributed by atoms with E-state index in [0.717, 1.165) is 44.7 Å². The Hall–Kier alpha value is -1.69. The molecule has 0 bridgehead atoms. The van der Waals surface area contributed by atoms with Gasteiger partial charge in [-0.1, -0.05) is 0 Å². The molecular weight excluding hydrogens is 278 g/mol. The van der Waals surface area contributed by atoms with Gasteiger partial charge in [-0.3, -0.25) is 4.79 Å². The van der Waals surface area contributed by atoms with Crippen molar-refractivity contribution in [3.8, 4) is 0 Å². The van der Waals surface area contributed by atoms with E-state index in [0.29, 0.717) is 5.69 Å². The van der Waals surface area contributed by atoms with Gasteiger partial charge in [0.2, 0.25) is 0 Å². The van der Waals surface area contributed by atoms with Crippen molar-refractivity contribution >= 4 is 11.7 Å². The summed E-state index contributed by atoms with van der Waals surface area (Å²) in [5, 5.41) is 8.41. The van der Waals surface area contributed by atoms with E-state index in [9.17, 15) is 4.79 Å². The molecule has 0 spiro atoms. The smallest absolute Gasteiger partial charge is 0.274 e. The van der Waals surface area contributed by atoms with Crippen LogP contribution >= 0.6 is 0 Å². The van der Waals surface area contributed by atoms with Gasteiger partial charge in [0.05, 0.1) is 0 Å². The summed E-state index contributed by atoms with van der Waals surface area (Å²) < 4.78 is 0. The Morgan fingerprint density at radius 2 is 1.91 bits per heavy atom. The third kappa shape index (κ3) is 3.06. The van der Waals surface area contributed by atoms with E-state index in [1.54, 1.807) is 6.07 Å². The predicted molar refractivity (Wildman–Crippen MR) is 85.8 cm³/mol. The summed E-state index contributed by atoms with van der Waals surface area (Å²) in [7, 11) is 0. The topological polar surface area (TPSA) is 75.3 Å². The van der Waals surface area contributed by atoms with Gasteiger partial charge in [-0.15, -0.1) is 10.2 Å². The molecular formula is C16H25N5O. The molecule has 1 aromatic heterocycles. The highest BCUT2D eigenvalue weighted by Crippen LogP contribution is 2.22. The standard InChI is InChI=1S/C16H25N5O/c1-12(17)14-6-2-3-11-21(14)16(22)13-7-8-15(19-18-13)20-9-4-5-10-20/h7-8,12,14H,2-6,9-11,17H2,1H3/t12-,14+/m0/s1. The Bertz CT molecular complexity index is 510. The zero-order valence-corrected chi connectivity index (χ0v) is 13.2. The Kier molecular flexibility index (Phi) is 4.57. The summed E-state index contributed by atoms with van der Waals surface area (Å²) in [6.07, 6.45) is 5.55. The second-order valence-corrected chi connectivity index (χ2v) is 6.39. The average molecular weight is 303 g/mol. The van der Waals surface area contributed by atoms with E-state index >= 15 is 0 Å². The number of nitrogens with two attached hydrogens (primary N) is 1. The number of carbonyl (C=O) groups is 1. The molecule has 0 unspecified atom stereocenters. The van der Waals surface area contributed by atoms with Crippen LogP contribution in [0, 0.1) is 0 Å². The van der Waals surface area contributed by atoms with E-state index in [2.05, 4.69) is 15.1 Å². The fourth-order valence-electron chi connectivity index (χ4n) is 3.46. The van der Waals surface area contributed by atoms with Gasteiger partial charge >= 0.3 is 0 Å². The van der Waals surface area contributed by atoms with Gasteiger partial charge in [0.25, 0.3) is 5.91 Å². The monoisotopic (exact) mass is 303 g/mol. The van der Waals surface area contributed by atoms with Crippen molar-refractivity contribution in [2.45, 2.75) is 51.1 Å². The second kappa shape index (κ2) is 6.60. The molecule has 6 nitrogen and oxygen atoms in total. The van der Waals surface area contributed by atoms with Crippen molar-refractivity contribution in [3.63, 3.8) is 0 Å². The molecule has 2 saturated heterocycles. The number of hydrogen-bond donors (Lipinski definition) is 1. The van der Waals surface area contributed by atoms with Crippen LogP contribution in [0.4, 0.5) is 5.82 Å². The summed E-state index contributed by atoms with van der Waals surface area (Å²) in [5.41, 5.74) is 6.47. The maximum atomic E-state index is 12.7. The molecule has 1 aromatic rings. The predicted octanol–water partition coefficient (Wildman–Crippen LogP) is 1.42. The highest BCUT2D eigenvalue weighted by molar-refractivity contribution is 5.92. The number of carbonyl (C=O) groups excluding carboxylic acids is 1. The highest BCUT2D eigenvalue weighted by Gasteiger charge is 2.30. The lowest BCUT2D eigenvalue weighted by molar-refractivity contribution is 0.0576. The first-order valence-corrected chi connectivity index (χ1v) is 8.32. The number of rotatable bonds is 3. The molecule has 120 valence electrons. The minimum atomic E-state index is -0.0394. The lowest BCUT2D eigenvalue weighted by Gasteiger charge is -2.37. The molecule has 3 heterocycles. The maximum absolute atomic E-state index is 12.7. The van der Waals surface area contributed by atoms with Gasteiger partial charge < -0.3 is 15.5 Å². The molecule has 2 atom stereocenters. The van der Waals surface area contributed by atoms with E-state index in [1.165, 1.54) is 12.8 Å². The Morgan fingerprint density at radius 3 is 2.55 bits per heavy atom. The van der Waals surface area contributed by atoms with Crippen LogP contribution in [0.15, 0.2) is 12.1 Å². The molecule has 2 aliphatic heterocycles. The summed E-state index contributed by atoms with van der Waals surface area (Å²) >= 11 is 0. The average Bonchev–Trinajstić information content (AvgIpc) is 3.09. The van der Waals surface area contributed by atoms with Crippen LogP contribution in [0.2, 0.25) is 0 Å². The quantitative estimate of drug-likeness (QED) is 0.914. The first-order valence-electron chi connectivity index (χ1n) is 8.32. The summed E-state index contributed by atoms with van der Waals surface area (Å²) in [5.74, 6) is 0.832. The third-order valence-corrected chi connectivity index (χ3v) is 4.72. The fraction of sp³-hybridized carbons (Fsp3) is 0.688. The van der Waals surface area contributed by atoms with Crippen LogP contribution < -0.4 is 10.6 Å². The molecule has 2 N–H and O–H groups in total. The van der Waals surface area contributed by atoms with Crippen molar-refractivity contribution in [1.82, 2.24) is 15.1 Å². The SMILES string of the molecule is C[C@H](N)[C@H]1CCCCN1C(=O)c1ccc(N2CCCC2)nn1. The zero-order chi connectivity index (χ0) is 15.5. The summed E-state index contributed by atoms with van der Waals surface area (Å²) in [4.78, 5) is 16.8. The number of aromatic nitrogens is 2. The van der Waals surface area contributed by atoms with Gasteiger partial charge in [-0.25, -0.2) is 0 Å². The van der Waals surface area contributed by atoms with Crippen molar-refractivity contribution in [1.29, 1.82) is 0 Å². The van der Waals surface area contributed by atoms with Crippen LogP contribution in [0.25, 0.3) is 0 Å². The number of nitrogens with zero attached hydrogens (tertiary/aromatic N) is 4. The van der Waals surface area contributed by atoms with E-state index in [-0.39, 0.29) is 18.0 Å². The molecule has 0 aliphatic carbocycles. The summed E-state index contributed by atoms with van der Waals surface area (Å²) in [6, 6.07) is 3.81. The van der Waals surface area contributed by atoms with E-state index < -0.39 is 0 Å². The number of hydrogen-bond acceptors (Lipinski definition) is 5. The number of anilines is 1. The number of piperidine rings is 1. The molecule has 0 saturated carbocycles. The van der Waals surface area contributed by atoms with Gasteiger partial charge in [0, 0.05) is 31.7 Å². The van der Waals surface area contributed by atoms with Crippen molar-refractivity contribution < 1.29 is 4.79 Å². The van der Waals surface area contributed by atoms with Gasteiger partial charge in [0.15, 0.2) is 11.5 Å². The minimum Gasteiger partial charge on any atom is -0.355 e. The van der Waals surface area contributed by atoms with E-state index in [1.807, 2.05) is 17.9 Å². The molecule has 22 heavy (non-hydrogen) atoms. The number of likely N-dealkylation sites (tertiary alicyclic amines) is 1. The minimum absolute atomic E-state index is 0.0129. The first kappa shape index (κ1) is 15.2. The molecule has 0 radical (unpaired) electrons. The zero-order valence-electron chi connectivity index (χ0n) is 13.2. The molecule has 2 fully saturated rings. The van der Waals surface area contributed by atoms with Crippen LogP contribution in [0.5, 0.6) is 0 Å². The van der Waals surface area contributed by atoms with Crippen LogP contribution in [-0.2, 0) is 0 Å². The largest absolute Gasteiger partial charge is 0.355 e. The lowest BCUT2D eigenvalue weighted by Crippen LogP contribution is -2.51. The fourth-order valence-corrected chi connectivity index (χ4v) is 3.46. The molecule has 0 aromatic carbocycles. The summed E-state index contributed by atoms with van der Waals surface area (Å²) in [6.45, 7) is 4.79. The highest BCUT2D eigenvalue weighted by atomic mass is 16.2. The Morgan fingerprint density at radius 1 is 1.18 bits per heavy atom. The maximum Gasteiger partial charge on any atom is 0.274 e. The molecule has 1 amide bonds. The van der Waals surface area contributed by atoms with Crippen molar-refractivity contribution in [3.05, 3.63) is 17.8 Å². The van der Waals surface area contributed by atoms with Crippen LogP contribution in [-0.4, -0.2) is 52.7 Å². The molecule has 6 heteroatoms. The first-order chi connectivity index (χ1) is 10.7. The van der Waals surface area contributed by atoms with Gasteiger partial charge in [-0.05, 0) is 51.2 Å². The van der Waals surface area contributed by atoms with Gasteiger partial charge in [-0.2, -0.15) is 0 Å². The number of amides is 1. The lowest BCUT2D eigenvalue weighted by atomic mass is 9.96. The molecule has 2 aliphatic rings. The van der Waals surface area contributed by atoms with Crippen molar-refractivity contribution in [2.24, 2.45) is 5.73 Å². The van der Waals surface area contributed by atoms with Crippen LogP contribution in [0.1, 0.15) is 49.5 Å². The van der Waals surface area contributed by atoms with Crippen molar-refractivity contribution in [2.75, 3.05) is 24.5 Å². The third-order valence-electron chi connectivity index (χ3n) is 4.72. The second-order valence-electron chi connectivity index (χ2n) is 6.39. The molecule has 3 rings (SSSR count). The Labute approximate surface area is 131 Å². The Balaban J connectivity index is 1.73. The van der Waals surface area contributed by atoms with Crippen LogP contribution in [0.3, 0.4) is 0 Å². The van der Waals surface area contributed by atoms with E-state index in [4.69, 9.17) is 5.73 Å². The van der Waals surface area contributed by atoms with Gasteiger partial charge in [0.1, 0.15) is 0 Å². The normalized spacial score (nSPS) is 23.6.